The highest BCUT2D eigenvalue weighted by Crippen LogP contribution is 2.69. The fourth-order valence-corrected chi connectivity index (χ4v) is 8.15. The van der Waals surface area contributed by atoms with Gasteiger partial charge in [-0.3, -0.25) is 4.79 Å². The van der Waals surface area contributed by atoms with E-state index < -0.39 is 0 Å². The van der Waals surface area contributed by atoms with Crippen LogP contribution in [0, 0.1) is 22.2 Å². The molecule has 24 heavy (non-hydrogen) atoms. The lowest BCUT2D eigenvalue weighted by molar-refractivity contribution is -0.179. The molecule has 0 spiro atoms. The monoisotopic (exact) mass is 352 g/mol. The number of nitrogens with one attached hydrogen (secondary N) is 1. The first-order valence-electron chi connectivity index (χ1n) is 9.93. The first-order chi connectivity index (χ1) is 10.9. The molecule has 4 saturated carbocycles. The van der Waals surface area contributed by atoms with Crippen LogP contribution in [0.1, 0.15) is 71.6 Å². The van der Waals surface area contributed by atoms with Crippen LogP contribution in [0.15, 0.2) is 0 Å². The highest BCUT2D eigenvalue weighted by Gasteiger charge is 2.63. The molecule has 1 N–H and O–H groups in total. The van der Waals surface area contributed by atoms with Gasteiger partial charge in [0.05, 0.1) is 5.41 Å². The number of halogens is 1. The normalized spacial score (nSPS) is 52.1. The Kier molecular flexibility index (Phi) is 3.83. The lowest BCUT2D eigenvalue weighted by Gasteiger charge is -2.65. The van der Waals surface area contributed by atoms with Gasteiger partial charge in [0.25, 0.3) is 0 Å². The molecule has 1 amide bonds. The number of carbonyl (C=O) groups is 1. The van der Waals surface area contributed by atoms with Crippen molar-refractivity contribution in [3.63, 3.8) is 0 Å². The number of fused-ring (bicyclic) bond motifs is 2. The minimum Gasteiger partial charge on any atom is -0.341 e. The van der Waals surface area contributed by atoms with Gasteiger partial charge in [0.15, 0.2) is 0 Å². The van der Waals surface area contributed by atoms with Crippen molar-refractivity contribution in [3.8, 4) is 0 Å². The second kappa shape index (κ2) is 5.36. The average molecular weight is 353 g/mol. The maximum atomic E-state index is 13.7. The van der Waals surface area contributed by atoms with E-state index in [4.69, 9.17) is 0 Å². The molecule has 4 aliphatic carbocycles. The molecule has 0 radical (unpaired) electrons. The van der Waals surface area contributed by atoms with E-state index in [1.54, 1.807) is 0 Å². The lowest BCUT2D eigenvalue weighted by Crippen LogP contribution is -2.60. The van der Waals surface area contributed by atoms with Gasteiger partial charge in [-0.15, -0.1) is 12.4 Å². The molecular formula is C20H33ClN2O. The highest BCUT2D eigenvalue weighted by molar-refractivity contribution is 5.85. The van der Waals surface area contributed by atoms with Crippen molar-refractivity contribution < 1.29 is 4.79 Å². The standard InChI is InChI=1S/C20H32N2O.ClH/c1-18-7-14-8-19(2,11-18)13-20(9-14,12-18)17(23)22-6-5-15-3-4-16(10-22)21-15;/h14-16,21H,3-13H2,1-2H3;1H. The Bertz CT molecular complexity index is 532. The van der Waals surface area contributed by atoms with Crippen LogP contribution in [-0.2, 0) is 4.79 Å². The molecule has 0 aromatic carbocycles. The molecule has 6 fully saturated rings. The maximum Gasteiger partial charge on any atom is 0.228 e. The van der Waals surface area contributed by atoms with Crippen LogP contribution < -0.4 is 5.32 Å². The third-order valence-corrected chi connectivity index (χ3v) is 7.89. The summed E-state index contributed by atoms with van der Waals surface area (Å²) in [4.78, 5) is 15.9. The Labute approximate surface area is 152 Å². The smallest absolute Gasteiger partial charge is 0.228 e. The summed E-state index contributed by atoms with van der Waals surface area (Å²) in [5.74, 6) is 1.35. The summed E-state index contributed by atoms with van der Waals surface area (Å²) < 4.78 is 0. The fourth-order valence-electron chi connectivity index (χ4n) is 8.15. The Morgan fingerprint density at radius 2 is 1.62 bits per heavy atom. The van der Waals surface area contributed by atoms with Crippen molar-refractivity contribution in [1.82, 2.24) is 10.2 Å². The van der Waals surface area contributed by atoms with E-state index in [1.807, 2.05) is 0 Å². The van der Waals surface area contributed by atoms with Gasteiger partial charge in [0.2, 0.25) is 5.91 Å². The number of hydrogen-bond donors (Lipinski definition) is 1. The van der Waals surface area contributed by atoms with E-state index in [0.29, 0.717) is 28.8 Å². The van der Waals surface area contributed by atoms with E-state index >= 15 is 0 Å². The zero-order valence-electron chi connectivity index (χ0n) is 15.3. The third kappa shape index (κ3) is 2.53. The molecule has 6 aliphatic rings. The quantitative estimate of drug-likeness (QED) is 0.779. The summed E-state index contributed by atoms with van der Waals surface area (Å²) in [5, 5.41) is 3.73. The summed E-state index contributed by atoms with van der Waals surface area (Å²) in [6.07, 6.45) is 11.4. The van der Waals surface area contributed by atoms with Crippen LogP contribution in [0.4, 0.5) is 0 Å². The molecule has 2 saturated heterocycles. The van der Waals surface area contributed by atoms with Gasteiger partial charge in [-0.05, 0) is 74.5 Å². The van der Waals surface area contributed by atoms with Gasteiger partial charge in [-0.2, -0.15) is 0 Å². The molecular weight excluding hydrogens is 320 g/mol. The number of likely N-dealkylation sites (tertiary alicyclic amines) is 1. The number of nitrogens with zero attached hydrogens (tertiary/aromatic N) is 1. The number of amides is 1. The van der Waals surface area contributed by atoms with Gasteiger partial charge < -0.3 is 10.2 Å². The number of hydrogen-bond acceptors (Lipinski definition) is 2. The topological polar surface area (TPSA) is 32.3 Å². The second-order valence-corrected chi connectivity index (χ2v) is 10.6. The van der Waals surface area contributed by atoms with Crippen molar-refractivity contribution in [2.75, 3.05) is 13.1 Å². The molecule has 0 aromatic heterocycles. The van der Waals surface area contributed by atoms with Crippen LogP contribution in [0.5, 0.6) is 0 Å². The Morgan fingerprint density at radius 1 is 0.958 bits per heavy atom. The maximum absolute atomic E-state index is 13.7. The molecule has 4 unspecified atom stereocenters. The van der Waals surface area contributed by atoms with E-state index in [9.17, 15) is 4.79 Å². The van der Waals surface area contributed by atoms with Gasteiger partial charge in [-0.25, -0.2) is 0 Å². The van der Waals surface area contributed by atoms with Crippen LogP contribution in [0.25, 0.3) is 0 Å². The van der Waals surface area contributed by atoms with Crippen LogP contribution in [-0.4, -0.2) is 36.0 Å². The second-order valence-electron chi connectivity index (χ2n) is 10.6. The summed E-state index contributed by atoms with van der Waals surface area (Å²) >= 11 is 0. The minimum absolute atomic E-state index is 0. The summed E-state index contributed by atoms with van der Waals surface area (Å²) in [5.41, 5.74) is 0.867. The Balaban J connectivity index is 0.00000146. The molecule has 4 atom stereocenters. The van der Waals surface area contributed by atoms with Gasteiger partial charge in [0, 0.05) is 25.2 Å². The van der Waals surface area contributed by atoms with Crippen molar-refractivity contribution in [2.45, 2.75) is 83.7 Å². The van der Waals surface area contributed by atoms with E-state index in [0.717, 1.165) is 25.4 Å². The van der Waals surface area contributed by atoms with Gasteiger partial charge in [0.1, 0.15) is 0 Å². The van der Waals surface area contributed by atoms with Gasteiger partial charge >= 0.3 is 0 Å². The largest absolute Gasteiger partial charge is 0.341 e. The average Bonchev–Trinajstić information content (AvgIpc) is 2.73. The van der Waals surface area contributed by atoms with Crippen molar-refractivity contribution in [2.24, 2.45) is 22.2 Å². The number of carbonyl (C=O) groups excluding carboxylic acids is 1. The predicted molar refractivity (Wildman–Crippen MR) is 98.2 cm³/mol. The molecule has 0 aromatic rings. The first-order valence-corrected chi connectivity index (χ1v) is 9.93. The summed E-state index contributed by atoms with van der Waals surface area (Å²) in [7, 11) is 0. The molecule has 6 rings (SSSR count). The minimum atomic E-state index is -0.00744. The Morgan fingerprint density at radius 3 is 2.29 bits per heavy atom. The van der Waals surface area contributed by atoms with Crippen LogP contribution >= 0.6 is 12.4 Å². The summed E-state index contributed by atoms with van der Waals surface area (Å²) in [6, 6.07) is 1.23. The molecule has 6 bridgehead atoms. The zero-order valence-corrected chi connectivity index (χ0v) is 16.1. The fraction of sp³-hybridized carbons (Fsp3) is 0.950. The van der Waals surface area contributed by atoms with E-state index in [-0.39, 0.29) is 17.8 Å². The van der Waals surface area contributed by atoms with Crippen LogP contribution in [0.2, 0.25) is 0 Å². The third-order valence-electron chi connectivity index (χ3n) is 7.89. The molecule has 2 aliphatic heterocycles. The van der Waals surface area contributed by atoms with Crippen molar-refractivity contribution in [3.05, 3.63) is 0 Å². The van der Waals surface area contributed by atoms with Crippen molar-refractivity contribution >= 4 is 18.3 Å². The molecule has 4 heteroatoms. The van der Waals surface area contributed by atoms with E-state index in [2.05, 4.69) is 24.1 Å². The van der Waals surface area contributed by atoms with Crippen LogP contribution in [0.3, 0.4) is 0 Å². The first kappa shape index (κ1) is 17.1. The molecule has 3 nitrogen and oxygen atoms in total. The zero-order chi connectivity index (χ0) is 15.9. The SMILES string of the molecule is CC12CC3CC(C)(C1)CC(C(=O)N1CCC4CCC(C1)N4)(C3)C2.Cl. The van der Waals surface area contributed by atoms with E-state index in [1.165, 1.54) is 51.4 Å². The molecule has 136 valence electrons. The summed E-state index contributed by atoms with van der Waals surface area (Å²) in [6.45, 7) is 6.91. The highest BCUT2D eigenvalue weighted by atomic mass is 35.5. The number of rotatable bonds is 1. The van der Waals surface area contributed by atoms with Gasteiger partial charge in [-0.1, -0.05) is 13.8 Å². The predicted octanol–water partition coefficient (Wildman–Crippen LogP) is 3.76. The Hall–Kier alpha value is -0.280. The molecule has 2 heterocycles. The lowest BCUT2D eigenvalue weighted by atomic mass is 9.40. The van der Waals surface area contributed by atoms with Crippen molar-refractivity contribution in [1.29, 1.82) is 0 Å².